The second kappa shape index (κ2) is 9.43. The lowest BCUT2D eigenvalue weighted by molar-refractivity contribution is -0.132. The summed E-state index contributed by atoms with van der Waals surface area (Å²) in [5.41, 5.74) is 5.76. The molecule has 33 heavy (non-hydrogen) atoms. The fraction of sp³-hybridized carbons (Fsp3) is 0.462. The van der Waals surface area contributed by atoms with Gasteiger partial charge < -0.3 is 20.4 Å². The van der Waals surface area contributed by atoms with Crippen molar-refractivity contribution in [2.24, 2.45) is 5.92 Å². The highest BCUT2D eigenvalue weighted by Crippen LogP contribution is 2.32. The molecule has 2 N–H and O–H groups in total. The first-order valence-corrected chi connectivity index (χ1v) is 12.2. The Hall–Kier alpha value is -3.06. The maximum atomic E-state index is 12.4. The minimum atomic E-state index is 0.302. The molecule has 174 valence electrons. The van der Waals surface area contributed by atoms with Crippen molar-refractivity contribution in [2.75, 3.05) is 49.5 Å². The number of benzene rings is 1. The number of aromatic nitrogens is 2. The largest absolute Gasteiger partial charge is 0.384 e. The second-order valence-electron chi connectivity index (χ2n) is 9.47. The number of fused-ring (bicyclic) bond motifs is 1. The summed E-state index contributed by atoms with van der Waals surface area (Å²) in [5.74, 6) is 0.657. The van der Waals surface area contributed by atoms with Crippen molar-refractivity contribution >= 4 is 22.8 Å². The van der Waals surface area contributed by atoms with Crippen LogP contribution in [0, 0.1) is 5.92 Å². The van der Waals surface area contributed by atoms with Crippen LogP contribution in [-0.4, -0.2) is 65.7 Å². The van der Waals surface area contributed by atoms with Gasteiger partial charge >= 0.3 is 0 Å². The van der Waals surface area contributed by atoms with E-state index in [0.717, 1.165) is 68.9 Å². The zero-order valence-electron chi connectivity index (χ0n) is 19.6. The summed E-state index contributed by atoms with van der Waals surface area (Å²) < 4.78 is 1.97. The summed E-state index contributed by atoms with van der Waals surface area (Å²) in [6.07, 6.45) is 6.11. The van der Waals surface area contributed by atoms with Gasteiger partial charge in [0.05, 0.1) is 11.2 Å². The third-order valence-corrected chi connectivity index (χ3v) is 6.57. The van der Waals surface area contributed by atoms with Crippen LogP contribution in [0.25, 0.3) is 16.6 Å². The van der Waals surface area contributed by atoms with Crippen LogP contribution in [0.3, 0.4) is 0 Å². The van der Waals surface area contributed by atoms with Gasteiger partial charge in [0, 0.05) is 74.9 Å². The highest BCUT2D eigenvalue weighted by Gasteiger charge is 2.34. The molecular formula is C26H34N6O. The smallest absolute Gasteiger partial charge is 0.225 e. The van der Waals surface area contributed by atoms with Gasteiger partial charge in [-0.3, -0.25) is 4.79 Å². The Morgan fingerprint density at radius 2 is 1.79 bits per heavy atom. The fourth-order valence-electron chi connectivity index (χ4n) is 4.53. The van der Waals surface area contributed by atoms with E-state index >= 15 is 0 Å². The Morgan fingerprint density at radius 1 is 1.03 bits per heavy atom. The Balaban J connectivity index is 1.26. The molecule has 2 aromatic heterocycles. The van der Waals surface area contributed by atoms with Gasteiger partial charge in [-0.15, -0.1) is 0 Å². The number of nitrogens with zero attached hydrogens (tertiary/aromatic N) is 4. The highest BCUT2D eigenvalue weighted by atomic mass is 16.2. The SMILES string of the molecule is CC(C)NCCNc1ccc(-c2cc3c(N4CCN(C(=O)C5CC5)CC4)ccnn3c2)cc1. The van der Waals surface area contributed by atoms with E-state index in [4.69, 9.17) is 0 Å². The summed E-state index contributed by atoms with van der Waals surface area (Å²) >= 11 is 0. The van der Waals surface area contributed by atoms with Crippen molar-refractivity contribution in [2.45, 2.75) is 32.7 Å². The van der Waals surface area contributed by atoms with Crippen molar-refractivity contribution < 1.29 is 4.79 Å². The Morgan fingerprint density at radius 3 is 2.48 bits per heavy atom. The molecule has 1 aliphatic heterocycles. The van der Waals surface area contributed by atoms with E-state index in [1.165, 1.54) is 11.3 Å². The van der Waals surface area contributed by atoms with Crippen LogP contribution >= 0.6 is 0 Å². The number of hydrogen-bond acceptors (Lipinski definition) is 5. The van der Waals surface area contributed by atoms with Gasteiger partial charge in [-0.1, -0.05) is 26.0 Å². The number of carbonyl (C=O) groups is 1. The molecule has 0 spiro atoms. The number of hydrogen-bond donors (Lipinski definition) is 2. The van der Waals surface area contributed by atoms with Gasteiger partial charge in [-0.25, -0.2) is 4.52 Å². The molecule has 7 nitrogen and oxygen atoms in total. The van der Waals surface area contributed by atoms with E-state index in [0.29, 0.717) is 17.9 Å². The van der Waals surface area contributed by atoms with E-state index < -0.39 is 0 Å². The maximum absolute atomic E-state index is 12.4. The average molecular weight is 447 g/mol. The van der Waals surface area contributed by atoms with Crippen LogP contribution in [-0.2, 0) is 4.79 Å². The number of anilines is 2. The predicted molar refractivity (Wildman–Crippen MR) is 134 cm³/mol. The third kappa shape index (κ3) is 4.98. The van der Waals surface area contributed by atoms with Crippen LogP contribution in [0.1, 0.15) is 26.7 Å². The van der Waals surface area contributed by atoms with Crippen LogP contribution in [0.4, 0.5) is 11.4 Å². The number of nitrogens with one attached hydrogen (secondary N) is 2. The maximum Gasteiger partial charge on any atom is 0.225 e. The fourth-order valence-corrected chi connectivity index (χ4v) is 4.53. The second-order valence-corrected chi connectivity index (χ2v) is 9.47. The van der Waals surface area contributed by atoms with Gasteiger partial charge in [0.2, 0.25) is 5.91 Å². The molecule has 2 aliphatic rings. The first-order chi connectivity index (χ1) is 16.1. The summed E-state index contributed by atoms with van der Waals surface area (Å²) in [5, 5.41) is 11.4. The zero-order valence-corrected chi connectivity index (χ0v) is 19.6. The molecule has 0 bridgehead atoms. The van der Waals surface area contributed by atoms with Gasteiger partial charge in [0.1, 0.15) is 0 Å². The number of rotatable bonds is 8. The molecule has 7 heteroatoms. The summed E-state index contributed by atoms with van der Waals surface area (Å²) in [4.78, 5) is 16.8. The minimum Gasteiger partial charge on any atom is -0.384 e. The van der Waals surface area contributed by atoms with E-state index in [1.807, 2.05) is 15.6 Å². The molecular weight excluding hydrogens is 412 g/mol. The van der Waals surface area contributed by atoms with Crippen LogP contribution < -0.4 is 15.5 Å². The first-order valence-electron chi connectivity index (χ1n) is 12.2. The number of piperazine rings is 1. The predicted octanol–water partition coefficient (Wildman–Crippen LogP) is 3.47. The van der Waals surface area contributed by atoms with E-state index in [9.17, 15) is 4.79 Å². The Labute approximate surface area is 195 Å². The van der Waals surface area contributed by atoms with E-state index in [1.54, 1.807) is 0 Å². The van der Waals surface area contributed by atoms with Gasteiger partial charge in [0.15, 0.2) is 0 Å². The van der Waals surface area contributed by atoms with Crippen molar-refractivity contribution in [1.29, 1.82) is 0 Å². The lowest BCUT2D eigenvalue weighted by Crippen LogP contribution is -2.49. The van der Waals surface area contributed by atoms with Gasteiger partial charge in [0.25, 0.3) is 0 Å². The van der Waals surface area contributed by atoms with Gasteiger partial charge in [-0.05, 0) is 42.7 Å². The van der Waals surface area contributed by atoms with Crippen LogP contribution in [0.15, 0.2) is 48.8 Å². The molecule has 3 heterocycles. The van der Waals surface area contributed by atoms with Crippen molar-refractivity contribution in [3.8, 4) is 11.1 Å². The molecule has 1 aromatic carbocycles. The van der Waals surface area contributed by atoms with Crippen molar-refractivity contribution in [3.63, 3.8) is 0 Å². The average Bonchev–Trinajstić information content (AvgIpc) is 3.59. The molecule has 1 amide bonds. The molecule has 2 fully saturated rings. The Bertz CT molecular complexity index is 1090. The summed E-state index contributed by atoms with van der Waals surface area (Å²) in [6.45, 7) is 9.51. The third-order valence-electron chi connectivity index (χ3n) is 6.57. The molecule has 0 atom stereocenters. The minimum absolute atomic E-state index is 0.302. The lowest BCUT2D eigenvalue weighted by Gasteiger charge is -2.36. The van der Waals surface area contributed by atoms with Gasteiger partial charge in [-0.2, -0.15) is 5.10 Å². The van der Waals surface area contributed by atoms with Crippen molar-refractivity contribution in [1.82, 2.24) is 19.8 Å². The molecule has 1 saturated carbocycles. The molecule has 3 aromatic rings. The molecule has 0 unspecified atom stereocenters. The quantitative estimate of drug-likeness (QED) is 0.519. The standard InChI is InChI=1S/C26H34N6O/c1-19(2)27-11-12-28-23-7-5-20(6-8-23)22-17-25-24(9-10-29-32(25)18-22)30-13-15-31(16-14-30)26(33)21-3-4-21/h5-10,17-19,21,27-28H,3-4,11-16H2,1-2H3. The van der Waals surface area contributed by atoms with Crippen LogP contribution in [0.2, 0.25) is 0 Å². The number of carbonyl (C=O) groups excluding carboxylic acids is 1. The van der Waals surface area contributed by atoms with Crippen molar-refractivity contribution in [3.05, 3.63) is 48.8 Å². The zero-order chi connectivity index (χ0) is 22.8. The summed E-state index contributed by atoms with van der Waals surface area (Å²) in [6, 6.07) is 13.4. The Kier molecular flexibility index (Phi) is 6.22. The molecule has 1 aliphatic carbocycles. The van der Waals surface area contributed by atoms with E-state index in [-0.39, 0.29) is 0 Å². The lowest BCUT2D eigenvalue weighted by atomic mass is 10.1. The number of amides is 1. The van der Waals surface area contributed by atoms with E-state index in [2.05, 4.69) is 77.1 Å². The summed E-state index contributed by atoms with van der Waals surface area (Å²) in [7, 11) is 0. The first kappa shape index (κ1) is 21.8. The molecule has 5 rings (SSSR count). The molecule has 1 saturated heterocycles. The normalized spacial score (nSPS) is 16.6. The van der Waals surface area contributed by atoms with Crippen LogP contribution in [0.5, 0.6) is 0 Å². The highest BCUT2D eigenvalue weighted by molar-refractivity contribution is 5.82. The monoisotopic (exact) mass is 446 g/mol. The molecule has 0 radical (unpaired) electrons. The topological polar surface area (TPSA) is 64.9 Å².